The van der Waals surface area contributed by atoms with Gasteiger partial charge in [0.05, 0.1) is 17.2 Å². The van der Waals surface area contributed by atoms with Gasteiger partial charge in [-0.25, -0.2) is 4.79 Å². The Morgan fingerprint density at radius 1 is 1.50 bits per heavy atom. The van der Waals surface area contributed by atoms with Crippen molar-refractivity contribution in [1.82, 2.24) is 9.88 Å². The van der Waals surface area contributed by atoms with Gasteiger partial charge in [-0.15, -0.1) is 0 Å². The van der Waals surface area contributed by atoms with Crippen LogP contribution in [-0.4, -0.2) is 27.4 Å². The maximum atomic E-state index is 12.4. The molecular formula is C14H14N4O4. The molecule has 3 heterocycles. The fraction of sp³-hybridized carbons (Fsp3) is 0.286. The lowest BCUT2D eigenvalue weighted by Gasteiger charge is -2.23. The first-order chi connectivity index (χ1) is 10.7. The molecule has 1 saturated heterocycles. The molecule has 1 atom stereocenters. The van der Waals surface area contributed by atoms with Crippen LogP contribution in [0.3, 0.4) is 0 Å². The van der Waals surface area contributed by atoms with Crippen molar-refractivity contribution in [2.75, 3.05) is 11.9 Å². The van der Waals surface area contributed by atoms with Crippen molar-refractivity contribution in [3.05, 3.63) is 52.7 Å². The second-order valence-electron chi connectivity index (χ2n) is 4.95. The monoisotopic (exact) mass is 302 g/mol. The zero-order valence-electron chi connectivity index (χ0n) is 11.6. The molecule has 22 heavy (non-hydrogen) atoms. The van der Waals surface area contributed by atoms with E-state index in [1.807, 2.05) is 6.07 Å². The Kier molecular flexibility index (Phi) is 3.73. The number of carbonyl (C=O) groups excluding carboxylic acids is 1. The molecule has 1 N–H and O–H groups in total. The minimum absolute atomic E-state index is 0.134. The SMILES string of the molecule is O=C(Nc1ccncc1[N+](=O)[O-])N1CCC[C@@H]1c1ccco1. The van der Waals surface area contributed by atoms with Crippen molar-refractivity contribution in [3.63, 3.8) is 0 Å². The number of furan rings is 1. The normalized spacial score (nSPS) is 17.5. The predicted octanol–water partition coefficient (Wildman–Crippen LogP) is 2.95. The zero-order chi connectivity index (χ0) is 15.5. The molecule has 8 heteroatoms. The maximum Gasteiger partial charge on any atom is 0.322 e. The minimum atomic E-state index is -0.573. The van der Waals surface area contributed by atoms with E-state index in [1.54, 1.807) is 17.2 Å². The number of hydrogen-bond donors (Lipinski definition) is 1. The Labute approximate surface area is 125 Å². The number of likely N-dealkylation sites (tertiary alicyclic amines) is 1. The van der Waals surface area contributed by atoms with Gasteiger partial charge >= 0.3 is 11.7 Å². The Hall–Kier alpha value is -2.90. The minimum Gasteiger partial charge on any atom is -0.467 e. The molecule has 2 amide bonds. The first kappa shape index (κ1) is 14.1. The summed E-state index contributed by atoms with van der Waals surface area (Å²) >= 11 is 0. The van der Waals surface area contributed by atoms with Crippen molar-refractivity contribution >= 4 is 17.4 Å². The van der Waals surface area contributed by atoms with Crippen LogP contribution < -0.4 is 5.32 Å². The molecule has 1 aliphatic heterocycles. The number of nitro groups is 1. The van der Waals surface area contributed by atoms with Crippen LogP contribution in [-0.2, 0) is 0 Å². The summed E-state index contributed by atoms with van der Waals surface area (Å²) in [6.07, 6.45) is 5.74. The predicted molar refractivity (Wildman–Crippen MR) is 77.3 cm³/mol. The fourth-order valence-corrected chi connectivity index (χ4v) is 2.61. The van der Waals surface area contributed by atoms with Gasteiger partial charge in [-0.1, -0.05) is 0 Å². The smallest absolute Gasteiger partial charge is 0.322 e. The van der Waals surface area contributed by atoms with Crippen LogP contribution in [0.25, 0.3) is 0 Å². The van der Waals surface area contributed by atoms with Gasteiger partial charge in [0.2, 0.25) is 0 Å². The molecule has 1 aliphatic rings. The van der Waals surface area contributed by atoms with Gasteiger partial charge in [-0.2, -0.15) is 0 Å². The van der Waals surface area contributed by atoms with E-state index in [0.717, 1.165) is 24.8 Å². The highest BCUT2D eigenvalue weighted by atomic mass is 16.6. The van der Waals surface area contributed by atoms with Gasteiger partial charge in [-0.3, -0.25) is 15.1 Å². The van der Waals surface area contributed by atoms with Crippen LogP contribution >= 0.6 is 0 Å². The summed E-state index contributed by atoms with van der Waals surface area (Å²) in [5.41, 5.74) is -0.0975. The number of amides is 2. The first-order valence-corrected chi connectivity index (χ1v) is 6.86. The number of aromatic nitrogens is 1. The van der Waals surface area contributed by atoms with E-state index in [-0.39, 0.29) is 23.4 Å². The molecule has 114 valence electrons. The number of anilines is 1. The molecule has 1 fully saturated rings. The van der Waals surface area contributed by atoms with Crippen LogP contribution in [0.15, 0.2) is 41.3 Å². The summed E-state index contributed by atoms with van der Waals surface area (Å²) in [6.45, 7) is 0.579. The van der Waals surface area contributed by atoms with Crippen molar-refractivity contribution in [2.45, 2.75) is 18.9 Å². The third-order valence-corrected chi connectivity index (χ3v) is 3.62. The molecule has 0 aromatic carbocycles. The van der Waals surface area contributed by atoms with E-state index in [4.69, 9.17) is 4.42 Å². The Morgan fingerprint density at radius 2 is 2.36 bits per heavy atom. The number of nitrogens with zero attached hydrogens (tertiary/aromatic N) is 3. The summed E-state index contributed by atoms with van der Waals surface area (Å²) in [4.78, 5) is 28.1. The molecule has 0 saturated carbocycles. The molecule has 0 aliphatic carbocycles. The largest absolute Gasteiger partial charge is 0.467 e. The van der Waals surface area contributed by atoms with Crippen LogP contribution in [0.1, 0.15) is 24.6 Å². The van der Waals surface area contributed by atoms with E-state index < -0.39 is 4.92 Å². The third-order valence-electron chi connectivity index (χ3n) is 3.62. The first-order valence-electron chi connectivity index (χ1n) is 6.86. The number of carbonyl (C=O) groups is 1. The Morgan fingerprint density at radius 3 is 3.09 bits per heavy atom. The molecular weight excluding hydrogens is 288 g/mol. The van der Waals surface area contributed by atoms with Gasteiger partial charge in [0.15, 0.2) is 0 Å². The van der Waals surface area contributed by atoms with Gasteiger partial charge in [0.25, 0.3) is 0 Å². The van der Waals surface area contributed by atoms with Gasteiger partial charge < -0.3 is 14.6 Å². The van der Waals surface area contributed by atoms with Crippen LogP contribution in [0.2, 0.25) is 0 Å². The number of nitrogens with one attached hydrogen (secondary N) is 1. The van der Waals surface area contributed by atoms with E-state index in [1.165, 1.54) is 12.3 Å². The molecule has 2 aromatic heterocycles. The number of pyridine rings is 1. The summed E-state index contributed by atoms with van der Waals surface area (Å²) in [5, 5.41) is 13.6. The molecule has 0 bridgehead atoms. The fourth-order valence-electron chi connectivity index (χ4n) is 2.61. The van der Waals surface area contributed by atoms with Crippen LogP contribution in [0, 0.1) is 10.1 Å². The van der Waals surface area contributed by atoms with Crippen molar-refractivity contribution in [1.29, 1.82) is 0 Å². The van der Waals surface area contributed by atoms with Crippen LogP contribution in [0.5, 0.6) is 0 Å². The van der Waals surface area contributed by atoms with Crippen molar-refractivity contribution in [2.24, 2.45) is 0 Å². The molecule has 0 radical (unpaired) electrons. The van der Waals surface area contributed by atoms with Crippen molar-refractivity contribution < 1.29 is 14.1 Å². The van der Waals surface area contributed by atoms with E-state index in [9.17, 15) is 14.9 Å². The second-order valence-corrected chi connectivity index (χ2v) is 4.95. The molecule has 8 nitrogen and oxygen atoms in total. The average molecular weight is 302 g/mol. The highest BCUT2D eigenvalue weighted by Crippen LogP contribution is 2.33. The van der Waals surface area contributed by atoms with E-state index >= 15 is 0 Å². The summed E-state index contributed by atoms with van der Waals surface area (Å²) in [6, 6.07) is 4.49. The quantitative estimate of drug-likeness (QED) is 0.693. The number of urea groups is 1. The topological polar surface area (TPSA) is 102 Å². The maximum absolute atomic E-state index is 12.4. The van der Waals surface area contributed by atoms with Gasteiger partial charge in [0, 0.05) is 12.7 Å². The van der Waals surface area contributed by atoms with Gasteiger partial charge in [-0.05, 0) is 31.0 Å². The van der Waals surface area contributed by atoms with E-state index in [0.29, 0.717) is 6.54 Å². The lowest BCUT2D eigenvalue weighted by molar-refractivity contribution is -0.384. The van der Waals surface area contributed by atoms with Crippen LogP contribution in [0.4, 0.5) is 16.2 Å². The summed E-state index contributed by atoms with van der Waals surface area (Å²) < 4.78 is 5.37. The lowest BCUT2D eigenvalue weighted by Crippen LogP contribution is -2.34. The summed E-state index contributed by atoms with van der Waals surface area (Å²) in [7, 11) is 0. The average Bonchev–Trinajstić information content (AvgIpc) is 3.18. The zero-order valence-corrected chi connectivity index (χ0v) is 11.6. The lowest BCUT2D eigenvalue weighted by atomic mass is 10.2. The number of rotatable bonds is 3. The molecule has 0 spiro atoms. The Bertz CT molecular complexity index is 686. The molecule has 0 unspecified atom stereocenters. The third kappa shape index (κ3) is 2.62. The molecule has 2 aromatic rings. The standard InChI is InChI=1S/C14H14N4O4/c19-14(16-10-5-6-15-9-12(10)18(20)21)17-7-1-3-11(17)13-4-2-8-22-13/h2,4-6,8-9,11H,1,3,7H2,(H,15,16,19)/t11-/m1/s1. The summed E-state index contributed by atoms with van der Waals surface area (Å²) in [5.74, 6) is 0.719. The highest BCUT2D eigenvalue weighted by Gasteiger charge is 2.32. The van der Waals surface area contributed by atoms with E-state index in [2.05, 4.69) is 10.3 Å². The Balaban J connectivity index is 1.79. The molecule has 3 rings (SSSR count). The second kappa shape index (κ2) is 5.84. The van der Waals surface area contributed by atoms with Crippen molar-refractivity contribution in [3.8, 4) is 0 Å². The highest BCUT2D eigenvalue weighted by molar-refractivity contribution is 5.92. The van der Waals surface area contributed by atoms with Gasteiger partial charge in [0.1, 0.15) is 17.6 Å². The number of hydrogen-bond acceptors (Lipinski definition) is 5.